The highest BCUT2D eigenvalue weighted by Crippen LogP contribution is 2.18. The van der Waals surface area contributed by atoms with E-state index in [9.17, 15) is 18.0 Å². The first-order chi connectivity index (χ1) is 13.9. The van der Waals surface area contributed by atoms with Crippen LogP contribution in [-0.4, -0.2) is 68.8 Å². The first-order valence-electron chi connectivity index (χ1n) is 10.3. The van der Waals surface area contributed by atoms with Gasteiger partial charge in [0.05, 0.1) is 11.4 Å². The van der Waals surface area contributed by atoms with Crippen molar-refractivity contribution < 1.29 is 18.0 Å². The van der Waals surface area contributed by atoms with Crippen LogP contribution in [0.25, 0.3) is 0 Å². The summed E-state index contributed by atoms with van der Waals surface area (Å²) < 4.78 is 27.1. The van der Waals surface area contributed by atoms with Crippen molar-refractivity contribution in [3.63, 3.8) is 0 Å². The molecule has 1 heterocycles. The molecule has 3 amide bonds. The summed E-state index contributed by atoms with van der Waals surface area (Å²) in [6.45, 7) is 6.22. The summed E-state index contributed by atoms with van der Waals surface area (Å²) in [5.41, 5.74) is 1.13. The zero-order valence-corrected chi connectivity index (χ0v) is 18.1. The molecule has 9 heteroatoms. The first kappa shape index (κ1) is 23.3. The van der Waals surface area contributed by atoms with Gasteiger partial charge in [-0.05, 0) is 30.5 Å². The van der Waals surface area contributed by atoms with Crippen molar-refractivity contribution in [1.82, 2.24) is 19.8 Å². The number of hydrogen-bond donors (Lipinski definition) is 2. The number of carbonyl (C=O) groups excluding carboxylic acids is 2. The Balaban J connectivity index is 1.81. The first-order valence-corrected chi connectivity index (χ1v) is 11.7. The molecule has 2 N–H and O–H groups in total. The van der Waals surface area contributed by atoms with Crippen LogP contribution >= 0.6 is 0 Å². The number of rotatable bonds is 9. The number of imide groups is 1. The Morgan fingerprint density at radius 2 is 1.66 bits per heavy atom. The molecule has 1 aliphatic rings. The number of benzene rings is 1. The van der Waals surface area contributed by atoms with Gasteiger partial charge in [-0.1, -0.05) is 38.8 Å². The van der Waals surface area contributed by atoms with Gasteiger partial charge in [0, 0.05) is 32.7 Å². The number of carbonyl (C=O) groups is 2. The van der Waals surface area contributed by atoms with Gasteiger partial charge in [0.15, 0.2) is 0 Å². The Hall–Kier alpha value is -1.97. The third kappa shape index (κ3) is 7.09. The van der Waals surface area contributed by atoms with Gasteiger partial charge in [0.1, 0.15) is 0 Å². The number of unbranched alkanes of at least 4 members (excludes halogenated alkanes) is 1. The Kier molecular flexibility index (Phi) is 9.06. The molecule has 0 radical (unpaired) electrons. The smallest absolute Gasteiger partial charge is 0.321 e. The molecule has 1 aromatic rings. The molecule has 0 bridgehead atoms. The van der Waals surface area contributed by atoms with E-state index in [2.05, 4.69) is 17.6 Å². The number of aryl methyl sites for hydroxylation is 1. The molecule has 0 unspecified atom stereocenters. The number of piperazine rings is 1. The van der Waals surface area contributed by atoms with Crippen LogP contribution in [0.4, 0.5) is 4.79 Å². The third-order valence-electron chi connectivity index (χ3n) is 4.87. The highest BCUT2D eigenvalue weighted by atomic mass is 32.2. The minimum absolute atomic E-state index is 0.0702. The summed E-state index contributed by atoms with van der Waals surface area (Å²) in [5, 5.41) is 4.94. The lowest BCUT2D eigenvalue weighted by Crippen LogP contribution is -2.52. The maximum absolute atomic E-state index is 12.8. The molecular weight excluding hydrogens is 392 g/mol. The standard InChI is InChI=1S/C20H32N4O4S/c1-3-5-11-21-20(26)22-19(25)16-23-12-14-24(15-13-23)29(27,28)18-9-7-17(6-4-2)8-10-18/h7-10H,3-6,11-16H2,1-2H3,(H2,21,22,25,26). The molecule has 0 aliphatic carbocycles. The maximum atomic E-state index is 12.8. The van der Waals surface area contributed by atoms with E-state index in [4.69, 9.17) is 0 Å². The second kappa shape index (κ2) is 11.3. The highest BCUT2D eigenvalue weighted by molar-refractivity contribution is 7.89. The van der Waals surface area contributed by atoms with Crippen molar-refractivity contribution in [1.29, 1.82) is 0 Å². The average Bonchev–Trinajstić information content (AvgIpc) is 2.69. The van der Waals surface area contributed by atoms with E-state index in [1.54, 1.807) is 12.1 Å². The summed E-state index contributed by atoms with van der Waals surface area (Å²) >= 11 is 0. The van der Waals surface area contributed by atoms with E-state index in [1.165, 1.54) is 4.31 Å². The van der Waals surface area contributed by atoms with E-state index in [0.717, 1.165) is 31.2 Å². The van der Waals surface area contributed by atoms with Crippen LogP contribution in [0.5, 0.6) is 0 Å². The highest BCUT2D eigenvalue weighted by Gasteiger charge is 2.29. The topological polar surface area (TPSA) is 98.8 Å². The largest absolute Gasteiger partial charge is 0.338 e. The van der Waals surface area contributed by atoms with Gasteiger partial charge in [-0.15, -0.1) is 0 Å². The number of amides is 3. The molecule has 1 aromatic carbocycles. The van der Waals surface area contributed by atoms with Crippen LogP contribution in [-0.2, 0) is 21.2 Å². The molecule has 2 rings (SSSR count). The Labute approximate surface area is 173 Å². The number of hydrogen-bond acceptors (Lipinski definition) is 5. The molecule has 0 atom stereocenters. The fourth-order valence-corrected chi connectivity index (χ4v) is 4.61. The Morgan fingerprint density at radius 1 is 1.00 bits per heavy atom. The summed E-state index contributed by atoms with van der Waals surface area (Å²) in [5.74, 6) is -0.387. The van der Waals surface area contributed by atoms with Crippen molar-refractivity contribution in [2.45, 2.75) is 44.4 Å². The van der Waals surface area contributed by atoms with Crippen LogP contribution < -0.4 is 10.6 Å². The molecule has 0 saturated carbocycles. The Bertz CT molecular complexity index is 772. The zero-order valence-electron chi connectivity index (χ0n) is 17.3. The molecule has 162 valence electrons. The number of sulfonamides is 1. The van der Waals surface area contributed by atoms with Crippen molar-refractivity contribution in [3.05, 3.63) is 29.8 Å². The molecule has 8 nitrogen and oxygen atoms in total. The third-order valence-corrected chi connectivity index (χ3v) is 6.78. The van der Waals surface area contributed by atoms with Gasteiger partial charge in [0.2, 0.25) is 15.9 Å². The van der Waals surface area contributed by atoms with E-state index in [0.29, 0.717) is 37.6 Å². The van der Waals surface area contributed by atoms with Crippen LogP contribution in [0.3, 0.4) is 0 Å². The van der Waals surface area contributed by atoms with Gasteiger partial charge in [-0.2, -0.15) is 4.31 Å². The predicted octanol–water partition coefficient (Wildman–Crippen LogP) is 1.57. The summed E-state index contributed by atoms with van der Waals surface area (Å²) in [6.07, 6.45) is 3.77. The number of nitrogens with zero attached hydrogens (tertiary/aromatic N) is 2. The van der Waals surface area contributed by atoms with Gasteiger partial charge in [0.25, 0.3) is 0 Å². The maximum Gasteiger partial charge on any atom is 0.321 e. The fourth-order valence-electron chi connectivity index (χ4n) is 3.19. The molecule has 1 aliphatic heterocycles. The molecule has 0 aromatic heterocycles. The van der Waals surface area contributed by atoms with Gasteiger partial charge >= 0.3 is 6.03 Å². The monoisotopic (exact) mass is 424 g/mol. The second-order valence-corrected chi connectivity index (χ2v) is 9.17. The second-order valence-electron chi connectivity index (χ2n) is 7.23. The summed E-state index contributed by atoms with van der Waals surface area (Å²) in [6, 6.07) is 6.57. The lowest BCUT2D eigenvalue weighted by Gasteiger charge is -2.33. The lowest BCUT2D eigenvalue weighted by atomic mass is 10.1. The minimum Gasteiger partial charge on any atom is -0.338 e. The van der Waals surface area contributed by atoms with Crippen molar-refractivity contribution in [2.75, 3.05) is 39.3 Å². The van der Waals surface area contributed by atoms with Gasteiger partial charge < -0.3 is 5.32 Å². The van der Waals surface area contributed by atoms with Crippen LogP contribution in [0.15, 0.2) is 29.2 Å². The molecule has 0 spiro atoms. The van der Waals surface area contributed by atoms with Crippen LogP contribution in [0.2, 0.25) is 0 Å². The predicted molar refractivity (Wildman–Crippen MR) is 112 cm³/mol. The zero-order chi connectivity index (χ0) is 21.3. The van der Waals surface area contributed by atoms with Gasteiger partial charge in [-0.25, -0.2) is 13.2 Å². The average molecular weight is 425 g/mol. The van der Waals surface area contributed by atoms with Crippen molar-refractivity contribution >= 4 is 22.0 Å². The quantitative estimate of drug-likeness (QED) is 0.587. The molecule has 1 saturated heterocycles. The number of urea groups is 1. The number of nitrogens with one attached hydrogen (secondary N) is 2. The van der Waals surface area contributed by atoms with Crippen molar-refractivity contribution in [2.24, 2.45) is 0 Å². The van der Waals surface area contributed by atoms with E-state index < -0.39 is 16.1 Å². The SMILES string of the molecule is CCCCNC(=O)NC(=O)CN1CCN(S(=O)(=O)c2ccc(CCC)cc2)CC1. The van der Waals surface area contributed by atoms with E-state index in [-0.39, 0.29) is 12.5 Å². The lowest BCUT2D eigenvalue weighted by molar-refractivity contribution is -0.121. The minimum atomic E-state index is -3.54. The van der Waals surface area contributed by atoms with Crippen LogP contribution in [0, 0.1) is 0 Å². The summed E-state index contributed by atoms with van der Waals surface area (Å²) in [7, 11) is -3.54. The van der Waals surface area contributed by atoms with E-state index >= 15 is 0 Å². The van der Waals surface area contributed by atoms with E-state index in [1.807, 2.05) is 24.0 Å². The van der Waals surface area contributed by atoms with Crippen molar-refractivity contribution in [3.8, 4) is 0 Å². The summed E-state index contributed by atoms with van der Waals surface area (Å²) in [4.78, 5) is 25.8. The normalized spacial score (nSPS) is 15.8. The van der Waals surface area contributed by atoms with Gasteiger partial charge in [-0.3, -0.25) is 15.0 Å². The molecule has 1 fully saturated rings. The Morgan fingerprint density at radius 3 is 2.24 bits per heavy atom. The molecule has 29 heavy (non-hydrogen) atoms. The fraction of sp³-hybridized carbons (Fsp3) is 0.600. The molecular formula is C20H32N4O4S. The van der Waals surface area contributed by atoms with Crippen LogP contribution in [0.1, 0.15) is 38.7 Å².